The predicted molar refractivity (Wildman–Crippen MR) is 40.7 cm³/mol. The molecule has 1 aromatic rings. The molecular weight excluding hydrogens is 186 g/mol. The standard InChI is InChI=1S/C4H3N3O2S2/c5-6-7-11(8,9)4-2-1-3-10-4/h1-3H. The number of hydrogen-bond donors (Lipinski definition) is 0. The maximum absolute atomic E-state index is 10.9. The molecule has 0 aliphatic rings. The summed E-state index contributed by atoms with van der Waals surface area (Å²) in [5, 5.41) is 1.60. The van der Waals surface area contributed by atoms with Gasteiger partial charge in [-0.25, -0.2) is 8.42 Å². The molecule has 11 heavy (non-hydrogen) atoms. The lowest BCUT2D eigenvalue weighted by atomic mass is 10.7. The monoisotopic (exact) mass is 189 g/mol. The Balaban J connectivity index is 3.22. The van der Waals surface area contributed by atoms with Crippen molar-refractivity contribution in [1.82, 2.24) is 0 Å². The summed E-state index contributed by atoms with van der Waals surface area (Å²) in [6.45, 7) is 0. The first kappa shape index (κ1) is 8.06. The van der Waals surface area contributed by atoms with Crippen molar-refractivity contribution >= 4 is 21.4 Å². The number of nitrogens with zero attached hydrogens (tertiary/aromatic N) is 3. The van der Waals surface area contributed by atoms with Gasteiger partial charge >= 0.3 is 0 Å². The minimum atomic E-state index is -3.74. The molecule has 0 aliphatic carbocycles. The van der Waals surface area contributed by atoms with Crippen LogP contribution in [0.2, 0.25) is 0 Å². The summed E-state index contributed by atoms with van der Waals surface area (Å²) in [4.78, 5) is 2.21. The molecule has 0 radical (unpaired) electrons. The Hall–Kier alpha value is -1.04. The maximum Gasteiger partial charge on any atom is 0.273 e. The topological polar surface area (TPSA) is 82.9 Å². The quantitative estimate of drug-likeness (QED) is 0.403. The van der Waals surface area contributed by atoms with Gasteiger partial charge < -0.3 is 0 Å². The zero-order chi connectivity index (χ0) is 8.32. The Bertz CT molecular complexity index is 373. The Labute approximate surface area is 67.0 Å². The molecular formula is C4H3N3O2S2. The van der Waals surface area contributed by atoms with Crippen molar-refractivity contribution in [2.45, 2.75) is 4.21 Å². The first-order valence-electron chi connectivity index (χ1n) is 2.52. The smallest absolute Gasteiger partial charge is 0.215 e. The molecule has 0 aliphatic heterocycles. The van der Waals surface area contributed by atoms with Crippen LogP contribution in [0, 0.1) is 0 Å². The number of sulfonamides is 1. The largest absolute Gasteiger partial charge is 0.273 e. The van der Waals surface area contributed by atoms with Crippen LogP contribution in [-0.2, 0) is 10.0 Å². The van der Waals surface area contributed by atoms with Crippen molar-refractivity contribution in [3.8, 4) is 0 Å². The predicted octanol–water partition coefficient (Wildman–Crippen LogP) is 1.75. The van der Waals surface area contributed by atoms with Crippen LogP contribution in [-0.4, -0.2) is 8.42 Å². The minimum absolute atomic E-state index is 0.0651. The van der Waals surface area contributed by atoms with E-state index in [0.717, 1.165) is 11.3 Å². The van der Waals surface area contributed by atoms with E-state index in [4.69, 9.17) is 5.53 Å². The van der Waals surface area contributed by atoms with Gasteiger partial charge in [-0.2, -0.15) is 0 Å². The third kappa shape index (κ3) is 1.70. The fraction of sp³-hybridized carbons (Fsp3) is 0. The molecule has 0 fully saturated rings. The van der Waals surface area contributed by atoms with Crippen LogP contribution in [0.5, 0.6) is 0 Å². The van der Waals surface area contributed by atoms with E-state index >= 15 is 0 Å². The number of thiophene rings is 1. The summed E-state index contributed by atoms with van der Waals surface area (Å²) >= 11 is 1.02. The molecule has 0 bridgehead atoms. The minimum Gasteiger partial charge on any atom is -0.215 e. The Morgan fingerprint density at radius 3 is 2.82 bits per heavy atom. The van der Waals surface area contributed by atoms with Crippen LogP contribution in [0.1, 0.15) is 0 Å². The van der Waals surface area contributed by atoms with E-state index in [0.29, 0.717) is 0 Å². The molecule has 0 amide bonds. The third-order valence-corrected chi connectivity index (χ3v) is 3.41. The highest BCUT2D eigenvalue weighted by molar-refractivity contribution is 7.92. The number of hydrogen-bond acceptors (Lipinski definition) is 3. The van der Waals surface area contributed by atoms with Gasteiger partial charge in [-0.15, -0.1) is 11.3 Å². The van der Waals surface area contributed by atoms with Gasteiger partial charge in [0.2, 0.25) is 0 Å². The van der Waals surface area contributed by atoms with Crippen LogP contribution in [0.15, 0.2) is 26.2 Å². The molecule has 58 valence electrons. The lowest BCUT2D eigenvalue weighted by Crippen LogP contribution is -1.89. The van der Waals surface area contributed by atoms with Crippen molar-refractivity contribution in [1.29, 1.82) is 0 Å². The Morgan fingerprint density at radius 2 is 2.36 bits per heavy atom. The Kier molecular flexibility index (Phi) is 2.13. The molecule has 1 aromatic heterocycles. The van der Waals surface area contributed by atoms with E-state index in [2.05, 4.69) is 9.43 Å². The van der Waals surface area contributed by atoms with E-state index < -0.39 is 10.0 Å². The average Bonchev–Trinajstić information content (AvgIpc) is 2.37. The Morgan fingerprint density at radius 1 is 1.64 bits per heavy atom. The zero-order valence-corrected chi connectivity index (χ0v) is 6.84. The summed E-state index contributed by atoms with van der Waals surface area (Å²) in [5.74, 6) is 0. The van der Waals surface area contributed by atoms with E-state index in [1.807, 2.05) is 0 Å². The van der Waals surface area contributed by atoms with Crippen LogP contribution in [0.4, 0.5) is 0 Å². The average molecular weight is 189 g/mol. The highest BCUT2D eigenvalue weighted by Gasteiger charge is 2.11. The second kappa shape index (κ2) is 2.91. The molecule has 0 atom stereocenters. The molecule has 7 heteroatoms. The van der Waals surface area contributed by atoms with Gasteiger partial charge in [-0.1, -0.05) is 6.07 Å². The van der Waals surface area contributed by atoms with Crippen molar-refractivity contribution in [3.05, 3.63) is 28.0 Å². The second-order valence-electron chi connectivity index (χ2n) is 1.58. The SMILES string of the molecule is [N-]=[N+]=NS(=O)(=O)c1cccs1. The molecule has 0 unspecified atom stereocenters. The van der Waals surface area contributed by atoms with E-state index in [1.165, 1.54) is 6.07 Å². The summed E-state index contributed by atoms with van der Waals surface area (Å²) in [7, 11) is -3.74. The molecule has 0 saturated carbocycles. The van der Waals surface area contributed by atoms with Crippen molar-refractivity contribution < 1.29 is 8.42 Å². The fourth-order valence-electron chi connectivity index (χ4n) is 0.499. The molecule has 0 N–H and O–H groups in total. The molecule has 1 rings (SSSR count). The molecule has 0 aromatic carbocycles. The van der Waals surface area contributed by atoms with Gasteiger partial charge in [0.15, 0.2) is 0 Å². The number of rotatable bonds is 2. The van der Waals surface area contributed by atoms with Crippen molar-refractivity contribution in [2.75, 3.05) is 0 Å². The van der Waals surface area contributed by atoms with Gasteiger partial charge in [0.05, 0.1) is 0 Å². The summed E-state index contributed by atoms with van der Waals surface area (Å²) in [6, 6.07) is 2.96. The van der Waals surface area contributed by atoms with Crippen molar-refractivity contribution in [2.24, 2.45) is 4.52 Å². The van der Waals surface area contributed by atoms with E-state index in [-0.39, 0.29) is 4.21 Å². The normalized spacial score (nSPS) is 10.5. The lowest BCUT2D eigenvalue weighted by molar-refractivity contribution is 0.599. The van der Waals surface area contributed by atoms with Gasteiger partial charge in [0.25, 0.3) is 10.0 Å². The highest BCUT2D eigenvalue weighted by atomic mass is 32.2. The van der Waals surface area contributed by atoms with Crippen molar-refractivity contribution in [3.63, 3.8) is 0 Å². The second-order valence-corrected chi connectivity index (χ2v) is 4.34. The third-order valence-electron chi connectivity index (χ3n) is 0.893. The van der Waals surface area contributed by atoms with Crippen LogP contribution in [0.25, 0.3) is 10.4 Å². The molecule has 0 spiro atoms. The molecule has 5 nitrogen and oxygen atoms in total. The number of azide groups is 1. The summed E-state index contributed by atoms with van der Waals surface area (Å²) in [6.07, 6.45) is 0. The molecule has 1 heterocycles. The van der Waals surface area contributed by atoms with Crippen LogP contribution in [0.3, 0.4) is 0 Å². The summed E-state index contributed by atoms with van der Waals surface area (Å²) < 4.78 is 24.5. The molecule has 0 saturated heterocycles. The van der Waals surface area contributed by atoms with Gasteiger partial charge in [0.1, 0.15) is 4.21 Å². The van der Waals surface area contributed by atoms with Gasteiger partial charge in [0, 0.05) is 9.43 Å². The van der Waals surface area contributed by atoms with Crippen LogP contribution >= 0.6 is 11.3 Å². The van der Waals surface area contributed by atoms with E-state index in [9.17, 15) is 8.42 Å². The first-order chi connectivity index (χ1) is 5.17. The van der Waals surface area contributed by atoms with Gasteiger partial charge in [-0.05, 0) is 17.0 Å². The zero-order valence-electron chi connectivity index (χ0n) is 5.21. The first-order valence-corrected chi connectivity index (χ1v) is 4.83. The lowest BCUT2D eigenvalue weighted by Gasteiger charge is -1.86. The fourth-order valence-corrected chi connectivity index (χ4v) is 2.13. The highest BCUT2D eigenvalue weighted by Crippen LogP contribution is 2.17. The van der Waals surface area contributed by atoms with E-state index in [1.54, 1.807) is 11.4 Å². The maximum atomic E-state index is 10.9. The van der Waals surface area contributed by atoms with Crippen LogP contribution < -0.4 is 0 Å². The van der Waals surface area contributed by atoms with Gasteiger partial charge in [-0.3, -0.25) is 0 Å². The summed E-state index contributed by atoms with van der Waals surface area (Å²) in [5.41, 5.74) is 7.88.